The van der Waals surface area contributed by atoms with E-state index in [0.717, 1.165) is 45.8 Å². The first-order valence-electron chi connectivity index (χ1n) is 36.8. The second-order valence-electron chi connectivity index (χ2n) is 28.4. The molecule has 4 aliphatic carbocycles. The zero-order valence-electron chi connectivity index (χ0n) is 58.4. The molecule has 0 saturated carbocycles. The number of hydrogen-bond donors (Lipinski definition) is 1. The van der Waals surface area contributed by atoms with Crippen molar-refractivity contribution in [1.82, 2.24) is 0 Å². The van der Waals surface area contributed by atoms with Gasteiger partial charge in [-0.2, -0.15) is 0 Å². The number of nitrogens with zero attached hydrogens (tertiary/aromatic N) is 1. The van der Waals surface area contributed by atoms with Crippen molar-refractivity contribution in [2.24, 2.45) is 0 Å². The summed E-state index contributed by atoms with van der Waals surface area (Å²) in [6.45, 7) is 4.38. The van der Waals surface area contributed by atoms with Gasteiger partial charge in [0.15, 0.2) is 0 Å². The third-order valence-electron chi connectivity index (χ3n) is 23.2. The van der Waals surface area contributed by atoms with Crippen LogP contribution in [0.4, 0.5) is 28.4 Å². The normalized spacial score (nSPS) is 13.0. The molecule has 1 N–H and O–H groups in total. The largest absolute Gasteiger partial charge is 0.355 e. The number of anilines is 5. The van der Waals surface area contributed by atoms with Crippen molar-refractivity contribution in [2.45, 2.75) is 44.9 Å². The predicted octanol–water partition coefficient (Wildman–Crippen LogP) is 28.4. The third kappa shape index (κ3) is 9.76. The number of nitrogens with one attached hydrogen (secondary N) is 1. The smallest absolute Gasteiger partial charge is 0.0726 e. The molecule has 0 radical (unpaired) electrons. The van der Waals surface area contributed by atoms with E-state index in [1.165, 1.54) is 165 Å². The molecule has 106 heavy (non-hydrogen) atoms. The van der Waals surface area contributed by atoms with Gasteiger partial charge in [-0.1, -0.05) is 328 Å². The van der Waals surface area contributed by atoms with Crippen LogP contribution in [0.2, 0.25) is 0 Å². The highest BCUT2D eigenvalue weighted by Gasteiger charge is 2.53. The van der Waals surface area contributed by atoms with E-state index in [1.54, 1.807) is 0 Å². The fourth-order valence-corrected chi connectivity index (χ4v) is 18.9. The lowest BCUT2D eigenvalue weighted by atomic mass is 9.70. The van der Waals surface area contributed by atoms with Crippen LogP contribution in [-0.4, -0.2) is 0 Å². The van der Waals surface area contributed by atoms with Crippen molar-refractivity contribution in [3.8, 4) is 44.5 Å². The Morgan fingerprint density at radius 2 is 0.500 bits per heavy atom. The first kappa shape index (κ1) is 64.4. The molecule has 4 aliphatic rings. The third-order valence-corrected chi connectivity index (χ3v) is 23.7. The quantitative estimate of drug-likeness (QED) is 0.160. The molecule has 3 heteroatoms. The predicted molar refractivity (Wildman–Crippen MR) is 455 cm³/mol. The summed E-state index contributed by atoms with van der Waals surface area (Å²) in [7, 11) is 0. The second kappa shape index (κ2) is 25.8. The molecule has 0 saturated heterocycles. The van der Waals surface area contributed by atoms with Gasteiger partial charge >= 0.3 is 0 Å². The Bertz CT molecular complexity index is 6360. The summed E-state index contributed by atoms with van der Waals surface area (Å²) in [6, 6.07) is 135. The minimum atomic E-state index is -0.397. The van der Waals surface area contributed by atoms with E-state index in [4.69, 9.17) is 0 Å². The molecule has 18 aromatic carbocycles. The van der Waals surface area contributed by atoms with Gasteiger partial charge in [0.2, 0.25) is 0 Å². The lowest BCUT2D eigenvalue weighted by Crippen LogP contribution is -2.26. The van der Waals surface area contributed by atoms with Gasteiger partial charge in [0.1, 0.15) is 0 Å². The number of rotatable bonds is 7. The van der Waals surface area contributed by atoms with Crippen molar-refractivity contribution < 1.29 is 0 Å². The molecule has 0 aromatic heterocycles. The zero-order chi connectivity index (χ0) is 69.9. The van der Waals surface area contributed by atoms with Crippen molar-refractivity contribution >= 4 is 109 Å². The SMILES string of the molecule is C.CCc1ccc(Br)cc1.CCc1ccc(N(c2ccc3c(c2)C2(c4ccccc4-c4ccccc42)c2ccccc2-3)c2ccc3c4ccccc4c4ccccc4c3c2)cc1.c1ccc2c(c1)-c1ccccc1C21c2ccccc2-c2ccc(Nc3ccc4c5ccccc5c5ccccc5c4c3)cc21. The maximum absolute atomic E-state index is 3.82. The van der Waals surface area contributed by atoms with Gasteiger partial charge in [-0.25, -0.2) is 0 Å². The monoisotopic (exact) mass is 1420 g/mol. The van der Waals surface area contributed by atoms with E-state index in [-0.39, 0.29) is 12.8 Å². The molecule has 0 aliphatic heterocycles. The van der Waals surface area contributed by atoms with Gasteiger partial charge in [-0.05, 0) is 250 Å². The summed E-state index contributed by atoms with van der Waals surface area (Å²) in [5, 5.41) is 19.3. The van der Waals surface area contributed by atoms with Crippen molar-refractivity contribution in [3.63, 3.8) is 0 Å². The highest BCUT2D eigenvalue weighted by atomic mass is 79.9. The Morgan fingerprint density at radius 3 is 0.896 bits per heavy atom. The topological polar surface area (TPSA) is 15.3 Å². The van der Waals surface area contributed by atoms with Crippen LogP contribution in [0.25, 0.3) is 109 Å². The molecule has 0 unspecified atom stereocenters. The van der Waals surface area contributed by atoms with Crippen LogP contribution in [0.3, 0.4) is 0 Å². The Labute approximate surface area is 628 Å². The Kier molecular flexibility index (Phi) is 15.7. The summed E-state index contributed by atoms with van der Waals surface area (Å²) < 4.78 is 1.15. The molecular weight excluding hydrogens is 1350 g/mol. The molecule has 0 atom stereocenters. The number of benzene rings is 18. The molecule has 18 aromatic rings. The minimum Gasteiger partial charge on any atom is -0.355 e. The van der Waals surface area contributed by atoms with Crippen molar-refractivity contribution in [1.29, 1.82) is 0 Å². The average molecular weight is 1420 g/mol. The van der Waals surface area contributed by atoms with E-state index < -0.39 is 5.41 Å². The molecule has 504 valence electrons. The molecular formula is C103H75BrN2. The summed E-state index contributed by atoms with van der Waals surface area (Å²) in [5.74, 6) is 0. The van der Waals surface area contributed by atoms with Crippen LogP contribution in [0, 0.1) is 0 Å². The van der Waals surface area contributed by atoms with Crippen LogP contribution in [0.5, 0.6) is 0 Å². The molecule has 0 bridgehead atoms. The molecule has 2 nitrogen and oxygen atoms in total. The summed E-state index contributed by atoms with van der Waals surface area (Å²) in [5.41, 5.74) is 29.1. The van der Waals surface area contributed by atoms with Crippen LogP contribution in [0.15, 0.2) is 368 Å². The average Bonchev–Trinajstić information content (AvgIpc) is 1.51. The van der Waals surface area contributed by atoms with Gasteiger partial charge in [0.05, 0.1) is 10.8 Å². The summed E-state index contributed by atoms with van der Waals surface area (Å²) in [4.78, 5) is 2.46. The van der Waals surface area contributed by atoms with Crippen LogP contribution < -0.4 is 10.2 Å². The lowest BCUT2D eigenvalue weighted by Gasteiger charge is -2.32. The van der Waals surface area contributed by atoms with E-state index in [1.807, 2.05) is 0 Å². The number of aryl methyl sites for hydroxylation is 2. The first-order chi connectivity index (χ1) is 51.9. The zero-order valence-corrected chi connectivity index (χ0v) is 60.0. The molecule has 0 amide bonds. The van der Waals surface area contributed by atoms with E-state index >= 15 is 0 Å². The fourth-order valence-electron chi connectivity index (χ4n) is 18.6. The Hall–Kier alpha value is -12.4. The van der Waals surface area contributed by atoms with Crippen LogP contribution in [-0.2, 0) is 23.7 Å². The van der Waals surface area contributed by atoms with E-state index in [9.17, 15) is 0 Å². The molecule has 0 heterocycles. The van der Waals surface area contributed by atoms with E-state index in [0.29, 0.717) is 0 Å². The molecule has 22 rings (SSSR count). The Balaban J connectivity index is 0.000000130. The Morgan fingerprint density at radius 1 is 0.236 bits per heavy atom. The maximum Gasteiger partial charge on any atom is 0.0726 e. The van der Waals surface area contributed by atoms with Crippen molar-refractivity contribution in [2.75, 3.05) is 10.2 Å². The van der Waals surface area contributed by atoms with Gasteiger partial charge in [0, 0.05) is 32.9 Å². The summed E-state index contributed by atoms with van der Waals surface area (Å²) >= 11 is 3.37. The van der Waals surface area contributed by atoms with E-state index in [2.05, 4.69) is 404 Å². The molecule has 2 spiro atoms. The van der Waals surface area contributed by atoms with Crippen LogP contribution in [0.1, 0.15) is 76.9 Å². The standard InChI is InChI=1S/C51H35N.C43H27N.C8H9Br.CH4/c1-2-33-23-25-34(26-24-33)52(35-27-29-41-39-15-4-3-13-37(39)38-14-5-6-16-40(38)46(41)31-35)36-28-30-45-44-19-9-12-22-49(44)51(50(45)32-36)47-20-10-7-17-42(47)43-18-8-11-21-48(43)51;1-2-13-31-29(11-1)30-12-3-4-14-32(30)38-25-27(21-23-33(31)38)44-28-22-24-37-36-17-7-10-20-41(36)43(42(37)26-28)39-18-8-5-15-34(39)35-16-6-9-19-40(35)43;1-2-7-3-5-8(9)6-4-7;/h3-32H,2H2,1H3;1-26,44H;3-6H,2H2,1H3;1H4. The van der Waals surface area contributed by atoms with Crippen molar-refractivity contribution in [3.05, 3.63) is 424 Å². The second-order valence-corrected chi connectivity index (χ2v) is 29.3. The highest BCUT2D eigenvalue weighted by molar-refractivity contribution is 9.10. The van der Waals surface area contributed by atoms with Gasteiger partial charge in [-0.15, -0.1) is 0 Å². The van der Waals surface area contributed by atoms with Gasteiger partial charge < -0.3 is 10.2 Å². The lowest BCUT2D eigenvalue weighted by molar-refractivity contribution is 0.793. The number of fused-ring (bicyclic) bond motifs is 32. The summed E-state index contributed by atoms with van der Waals surface area (Å²) in [6.07, 6.45) is 2.13. The van der Waals surface area contributed by atoms with Crippen LogP contribution >= 0.6 is 15.9 Å². The fraction of sp³-hybridized carbons (Fsp3) is 0.0680. The maximum atomic E-state index is 3.82. The van der Waals surface area contributed by atoms with Gasteiger partial charge in [0.25, 0.3) is 0 Å². The number of hydrogen-bond acceptors (Lipinski definition) is 2. The first-order valence-corrected chi connectivity index (χ1v) is 37.6. The number of halogens is 1. The minimum absolute atomic E-state index is 0. The highest BCUT2D eigenvalue weighted by Crippen LogP contribution is 2.65. The molecule has 0 fully saturated rings. The van der Waals surface area contributed by atoms with Gasteiger partial charge in [-0.3, -0.25) is 0 Å².